The van der Waals surface area contributed by atoms with Crippen LogP contribution in [0.5, 0.6) is 0 Å². The van der Waals surface area contributed by atoms with Crippen molar-refractivity contribution in [1.29, 1.82) is 0 Å². The zero-order chi connectivity index (χ0) is 15.7. The molecule has 0 bridgehead atoms. The van der Waals surface area contributed by atoms with Gasteiger partial charge in [0.2, 0.25) is 5.91 Å². The molecule has 1 aliphatic heterocycles. The van der Waals surface area contributed by atoms with Crippen molar-refractivity contribution >= 4 is 5.91 Å². The van der Waals surface area contributed by atoms with Gasteiger partial charge < -0.3 is 15.4 Å². The molecule has 0 aromatic carbocycles. The van der Waals surface area contributed by atoms with Gasteiger partial charge in [0.25, 0.3) is 0 Å². The summed E-state index contributed by atoms with van der Waals surface area (Å²) in [6.07, 6.45) is 4.03. The first-order valence-corrected chi connectivity index (χ1v) is 8.35. The van der Waals surface area contributed by atoms with Gasteiger partial charge in [0.1, 0.15) is 0 Å². The van der Waals surface area contributed by atoms with Gasteiger partial charge in [0, 0.05) is 25.0 Å². The van der Waals surface area contributed by atoms with Gasteiger partial charge in [0.15, 0.2) is 0 Å². The highest BCUT2D eigenvalue weighted by atomic mass is 16.5. The number of hydrogen-bond donors (Lipinski definition) is 2. The number of methoxy groups -OCH3 is 1. The Kier molecular flexibility index (Phi) is 4.99. The predicted molar refractivity (Wildman–Crippen MR) is 85.1 cm³/mol. The zero-order valence-electron chi connectivity index (χ0n) is 14.3. The maximum atomic E-state index is 12.3. The van der Waals surface area contributed by atoms with E-state index in [0.717, 1.165) is 19.5 Å². The average Bonchev–Trinajstić information content (AvgIpc) is 2.47. The van der Waals surface area contributed by atoms with E-state index in [1.165, 1.54) is 12.8 Å². The molecule has 1 heterocycles. The molecule has 4 heteroatoms. The Morgan fingerprint density at radius 2 is 2.14 bits per heavy atom. The highest BCUT2D eigenvalue weighted by Crippen LogP contribution is 2.51. The standard InChI is InChI=1S/C17H32N2O2/c1-12(13-7-6-8-18-11-13)9-15(20)19-14-10-17(4,21-5)16(14,2)3/h12-14,18H,6-11H2,1-5H3,(H,19,20). The van der Waals surface area contributed by atoms with E-state index in [2.05, 4.69) is 38.3 Å². The molecule has 1 saturated heterocycles. The summed E-state index contributed by atoms with van der Waals surface area (Å²) in [6.45, 7) is 10.9. The Hall–Kier alpha value is -0.610. The van der Waals surface area contributed by atoms with Crippen LogP contribution in [0.4, 0.5) is 0 Å². The van der Waals surface area contributed by atoms with Crippen molar-refractivity contribution in [2.45, 2.75) is 65.0 Å². The number of piperidine rings is 1. The Bertz CT molecular complexity index is 377. The van der Waals surface area contributed by atoms with E-state index in [-0.39, 0.29) is 23.0 Å². The molecule has 4 atom stereocenters. The van der Waals surface area contributed by atoms with Gasteiger partial charge in [-0.2, -0.15) is 0 Å². The number of carbonyl (C=O) groups is 1. The molecule has 0 aromatic heterocycles. The summed E-state index contributed by atoms with van der Waals surface area (Å²) in [5, 5.41) is 6.66. The number of ether oxygens (including phenoxy) is 1. The van der Waals surface area contributed by atoms with Crippen molar-refractivity contribution in [2.75, 3.05) is 20.2 Å². The van der Waals surface area contributed by atoms with Crippen LogP contribution in [-0.2, 0) is 9.53 Å². The lowest BCUT2D eigenvalue weighted by molar-refractivity contribution is -0.182. The molecule has 1 amide bonds. The van der Waals surface area contributed by atoms with Crippen molar-refractivity contribution in [1.82, 2.24) is 10.6 Å². The number of hydrogen-bond acceptors (Lipinski definition) is 3. The summed E-state index contributed by atoms with van der Waals surface area (Å²) in [7, 11) is 1.76. The molecule has 2 rings (SSSR count). The molecule has 2 fully saturated rings. The molecule has 21 heavy (non-hydrogen) atoms. The van der Waals surface area contributed by atoms with Crippen LogP contribution in [0.2, 0.25) is 0 Å². The number of rotatable bonds is 5. The molecular weight excluding hydrogens is 264 g/mol. The lowest BCUT2D eigenvalue weighted by Gasteiger charge is -2.59. The first kappa shape index (κ1) is 16.8. The first-order chi connectivity index (χ1) is 9.80. The van der Waals surface area contributed by atoms with Crippen molar-refractivity contribution in [3.05, 3.63) is 0 Å². The number of amides is 1. The van der Waals surface area contributed by atoms with E-state index in [1.54, 1.807) is 7.11 Å². The van der Waals surface area contributed by atoms with Gasteiger partial charge in [-0.05, 0) is 51.1 Å². The molecule has 1 saturated carbocycles. The lowest BCUT2D eigenvalue weighted by atomic mass is 9.56. The Labute approximate surface area is 129 Å². The third kappa shape index (κ3) is 3.26. The van der Waals surface area contributed by atoms with Crippen LogP contribution in [0, 0.1) is 17.3 Å². The minimum Gasteiger partial charge on any atom is -0.378 e. The van der Waals surface area contributed by atoms with E-state index in [1.807, 2.05) is 0 Å². The van der Waals surface area contributed by atoms with E-state index in [0.29, 0.717) is 18.3 Å². The Morgan fingerprint density at radius 1 is 1.43 bits per heavy atom. The minimum absolute atomic E-state index is 0.00690. The number of nitrogens with one attached hydrogen (secondary N) is 2. The summed E-state index contributed by atoms with van der Waals surface area (Å²) in [5.74, 6) is 1.29. The fraction of sp³-hybridized carbons (Fsp3) is 0.941. The van der Waals surface area contributed by atoms with Crippen LogP contribution in [-0.4, -0.2) is 37.7 Å². The quantitative estimate of drug-likeness (QED) is 0.818. The van der Waals surface area contributed by atoms with E-state index in [9.17, 15) is 4.79 Å². The highest BCUT2D eigenvalue weighted by Gasteiger charge is 2.58. The summed E-state index contributed by atoms with van der Waals surface area (Å²) < 4.78 is 5.62. The number of carbonyl (C=O) groups excluding carboxylic acids is 1. The molecule has 1 aliphatic carbocycles. The topological polar surface area (TPSA) is 50.4 Å². The van der Waals surface area contributed by atoms with Crippen LogP contribution in [0.1, 0.15) is 53.4 Å². The fourth-order valence-electron chi connectivity index (χ4n) is 3.80. The van der Waals surface area contributed by atoms with E-state index >= 15 is 0 Å². The van der Waals surface area contributed by atoms with Gasteiger partial charge in [-0.15, -0.1) is 0 Å². The van der Waals surface area contributed by atoms with Gasteiger partial charge >= 0.3 is 0 Å². The Morgan fingerprint density at radius 3 is 2.67 bits per heavy atom. The second-order valence-corrected chi connectivity index (χ2v) is 7.77. The Balaban J connectivity index is 1.80. The molecular formula is C17H32N2O2. The molecule has 2 aliphatic rings. The molecule has 0 radical (unpaired) electrons. The van der Waals surface area contributed by atoms with Crippen molar-refractivity contribution < 1.29 is 9.53 Å². The molecule has 122 valence electrons. The van der Waals surface area contributed by atoms with Crippen molar-refractivity contribution in [3.8, 4) is 0 Å². The van der Waals surface area contributed by atoms with Crippen LogP contribution in [0.3, 0.4) is 0 Å². The predicted octanol–water partition coefficient (Wildman–Crippen LogP) is 2.33. The molecule has 4 nitrogen and oxygen atoms in total. The second kappa shape index (κ2) is 6.25. The third-order valence-corrected chi connectivity index (χ3v) is 6.26. The van der Waals surface area contributed by atoms with Gasteiger partial charge in [-0.1, -0.05) is 20.8 Å². The monoisotopic (exact) mass is 296 g/mol. The normalized spacial score (nSPS) is 36.6. The largest absolute Gasteiger partial charge is 0.378 e. The van der Waals surface area contributed by atoms with Gasteiger partial charge in [0.05, 0.1) is 5.60 Å². The minimum atomic E-state index is -0.121. The maximum absolute atomic E-state index is 12.3. The van der Waals surface area contributed by atoms with Crippen molar-refractivity contribution in [3.63, 3.8) is 0 Å². The first-order valence-electron chi connectivity index (χ1n) is 8.35. The van der Waals surface area contributed by atoms with Gasteiger partial charge in [-0.3, -0.25) is 4.79 Å². The fourth-order valence-corrected chi connectivity index (χ4v) is 3.80. The molecule has 4 unspecified atom stereocenters. The highest BCUT2D eigenvalue weighted by molar-refractivity contribution is 5.76. The second-order valence-electron chi connectivity index (χ2n) is 7.77. The van der Waals surface area contributed by atoms with E-state index < -0.39 is 0 Å². The van der Waals surface area contributed by atoms with Crippen LogP contribution < -0.4 is 10.6 Å². The molecule has 0 spiro atoms. The smallest absolute Gasteiger partial charge is 0.220 e. The lowest BCUT2D eigenvalue weighted by Crippen LogP contribution is -2.68. The van der Waals surface area contributed by atoms with Crippen LogP contribution in [0.25, 0.3) is 0 Å². The molecule has 0 aromatic rings. The van der Waals surface area contributed by atoms with E-state index in [4.69, 9.17) is 4.74 Å². The third-order valence-electron chi connectivity index (χ3n) is 6.26. The average molecular weight is 296 g/mol. The van der Waals surface area contributed by atoms with Crippen LogP contribution in [0.15, 0.2) is 0 Å². The summed E-state index contributed by atoms with van der Waals surface area (Å²) in [4.78, 5) is 12.3. The SMILES string of the molecule is COC1(C)CC(NC(=O)CC(C)C2CCCNC2)C1(C)C. The zero-order valence-corrected chi connectivity index (χ0v) is 14.3. The summed E-state index contributed by atoms with van der Waals surface area (Å²) in [5.41, 5.74) is -0.128. The van der Waals surface area contributed by atoms with Crippen LogP contribution >= 0.6 is 0 Å². The van der Waals surface area contributed by atoms with Gasteiger partial charge in [-0.25, -0.2) is 0 Å². The maximum Gasteiger partial charge on any atom is 0.220 e. The summed E-state index contributed by atoms with van der Waals surface area (Å²) >= 11 is 0. The molecule has 2 N–H and O–H groups in total. The van der Waals surface area contributed by atoms with Crippen molar-refractivity contribution in [2.24, 2.45) is 17.3 Å². The summed E-state index contributed by atoms with van der Waals surface area (Å²) in [6, 6.07) is 0.228.